The Balaban J connectivity index is 1.45. The summed E-state index contributed by atoms with van der Waals surface area (Å²) in [6.45, 7) is 3.01. The molecule has 0 radical (unpaired) electrons. The Bertz CT molecular complexity index is 741. The minimum absolute atomic E-state index is 0.0539. The fourth-order valence-corrected chi connectivity index (χ4v) is 3.54. The molecule has 2 aliphatic rings. The molecule has 1 aromatic heterocycles. The second-order valence-corrected chi connectivity index (χ2v) is 6.49. The van der Waals surface area contributed by atoms with Crippen molar-refractivity contribution < 1.29 is 9.53 Å². The number of anilines is 1. The molecule has 2 aromatic rings. The van der Waals surface area contributed by atoms with Crippen molar-refractivity contribution >= 4 is 11.7 Å². The first kappa shape index (κ1) is 16.0. The first-order valence-corrected chi connectivity index (χ1v) is 8.86. The number of aryl methyl sites for hydroxylation is 1. The van der Waals surface area contributed by atoms with Gasteiger partial charge in [-0.1, -0.05) is 24.3 Å². The van der Waals surface area contributed by atoms with E-state index in [-0.39, 0.29) is 11.9 Å². The predicted octanol–water partition coefficient (Wildman–Crippen LogP) is 2.12. The van der Waals surface area contributed by atoms with Crippen molar-refractivity contribution in [1.82, 2.24) is 15.5 Å². The first-order chi connectivity index (χ1) is 12.3. The normalized spacial score (nSPS) is 20.0. The van der Waals surface area contributed by atoms with E-state index in [1.807, 2.05) is 12.1 Å². The molecule has 1 aliphatic carbocycles. The van der Waals surface area contributed by atoms with E-state index in [4.69, 9.17) is 4.74 Å². The van der Waals surface area contributed by atoms with Crippen LogP contribution in [0.3, 0.4) is 0 Å². The number of fused-ring (bicyclic) bond motifs is 1. The molecule has 4 rings (SSSR count). The molecular formula is C19H22N4O2. The Morgan fingerprint density at radius 1 is 1.12 bits per heavy atom. The molecule has 25 heavy (non-hydrogen) atoms. The van der Waals surface area contributed by atoms with Gasteiger partial charge in [0, 0.05) is 13.1 Å². The molecular weight excluding hydrogens is 316 g/mol. The molecule has 6 heteroatoms. The van der Waals surface area contributed by atoms with Crippen LogP contribution in [-0.2, 0) is 11.2 Å². The quantitative estimate of drug-likeness (QED) is 0.928. The summed E-state index contributed by atoms with van der Waals surface area (Å²) < 4.78 is 5.34. The fraction of sp³-hybridized carbons (Fsp3) is 0.421. The fourth-order valence-electron chi connectivity index (χ4n) is 3.54. The van der Waals surface area contributed by atoms with Gasteiger partial charge in [0.1, 0.15) is 0 Å². The van der Waals surface area contributed by atoms with Crippen molar-refractivity contribution in [2.75, 3.05) is 31.2 Å². The van der Waals surface area contributed by atoms with E-state index < -0.39 is 0 Å². The van der Waals surface area contributed by atoms with Gasteiger partial charge in [0.2, 0.25) is 0 Å². The number of carbonyl (C=O) groups is 1. The van der Waals surface area contributed by atoms with Crippen molar-refractivity contribution in [1.29, 1.82) is 0 Å². The first-order valence-electron chi connectivity index (χ1n) is 8.86. The van der Waals surface area contributed by atoms with Crippen molar-refractivity contribution in [3.05, 3.63) is 53.2 Å². The van der Waals surface area contributed by atoms with Gasteiger partial charge >= 0.3 is 0 Å². The van der Waals surface area contributed by atoms with E-state index in [1.54, 1.807) is 6.07 Å². The lowest BCUT2D eigenvalue weighted by atomic mass is 9.87. The zero-order valence-corrected chi connectivity index (χ0v) is 14.1. The maximum atomic E-state index is 12.6. The maximum Gasteiger partial charge on any atom is 0.272 e. The summed E-state index contributed by atoms with van der Waals surface area (Å²) in [6.07, 6.45) is 3.13. The lowest BCUT2D eigenvalue weighted by Crippen LogP contribution is -2.37. The van der Waals surface area contributed by atoms with Gasteiger partial charge in [0.25, 0.3) is 5.91 Å². The minimum Gasteiger partial charge on any atom is -0.378 e. The highest BCUT2D eigenvalue weighted by atomic mass is 16.5. The van der Waals surface area contributed by atoms with Gasteiger partial charge in [-0.3, -0.25) is 4.79 Å². The molecule has 1 amide bonds. The van der Waals surface area contributed by atoms with Crippen LogP contribution in [0.4, 0.5) is 5.82 Å². The van der Waals surface area contributed by atoms with Crippen LogP contribution in [0.1, 0.15) is 40.5 Å². The molecule has 1 atom stereocenters. The van der Waals surface area contributed by atoms with Gasteiger partial charge in [0.15, 0.2) is 11.5 Å². The third-order valence-corrected chi connectivity index (χ3v) is 4.89. The summed E-state index contributed by atoms with van der Waals surface area (Å²) in [5.41, 5.74) is 2.91. The van der Waals surface area contributed by atoms with Crippen LogP contribution >= 0.6 is 0 Å². The number of hydrogen-bond acceptors (Lipinski definition) is 5. The monoisotopic (exact) mass is 338 g/mol. The largest absolute Gasteiger partial charge is 0.378 e. The lowest BCUT2D eigenvalue weighted by molar-refractivity contribution is 0.0926. The molecule has 130 valence electrons. The van der Waals surface area contributed by atoms with E-state index in [0.29, 0.717) is 18.9 Å². The van der Waals surface area contributed by atoms with Gasteiger partial charge in [-0.2, -0.15) is 0 Å². The van der Waals surface area contributed by atoms with Crippen LogP contribution in [0.25, 0.3) is 0 Å². The number of ether oxygens (including phenoxy) is 1. The SMILES string of the molecule is O=C(NC1CCCc2ccccc21)c1ccc(N2CCOCC2)nn1. The zero-order chi connectivity index (χ0) is 17.1. The lowest BCUT2D eigenvalue weighted by Gasteiger charge is -2.27. The van der Waals surface area contributed by atoms with Gasteiger partial charge in [-0.25, -0.2) is 0 Å². The minimum atomic E-state index is -0.164. The van der Waals surface area contributed by atoms with Crippen LogP contribution < -0.4 is 10.2 Å². The molecule has 6 nitrogen and oxygen atoms in total. The Morgan fingerprint density at radius 2 is 1.96 bits per heavy atom. The van der Waals surface area contributed by atoms with Crippen molar-refractivity contribution in [3.63, 3.8) is 0 Å². The third kappa shape index (κ3) is 3.49. The topological polar surface area (TPSA) is 67.4 Å². The highest BCUT2D eigenvalue weighted by Gasteiger charge is 2.22. The average molecular weight is 338 g/mol. The number of aromatic nitrogens is 2. The molecule has 0 saturated carbocycles. The number of rotatable bonds is 3. The summed E-state index contributed by atoms with van der Waals surface area (Å²) in [4.78, 5) is 14.7. The standard InChI is InChI=1S/C19H22N4O2/c24-19(20-16-7-3-5-14-4-1-2-6-15(14)16)17-8-9-18(22-21-17)23-10-12-25-13-11-23/h1-2,4,6,8-9,16H,3,5,7,10-13H2,(H,20,24). The molecule has 1 fully saturated rings. The van der Waals surface area contributed by atoms with E-state index in [9.17, 15) is 4.79 Å². The molecule has 1 aromatic carbocycles. The predicted molar refractivity (Wildman–Crippen MR) is 94.7 cm³/mol. The summed E-state index contributed by atoms with van der Waals surface area (Å²) in [7, 11) is 0. The molecule has 1 saturated heterocycles. The van der Waals surface area contributed by atoms with Crippen LogP contribution in [0.15, 0.2) is 36.4 Å². The molecule has 1 N–H and O–H groups in total. The summed E-state index contributed by atoms with van der Waals surface area (Å²) in [5.74, 6) is 0.630. The Labute approximate surface area is 147 Å². The van der Waals surface area contributed by atoms with Crippen molar-refractivity contribution in [2.24, 2.45) is 0 Å². The Kier molecular flexibility index (Phi) is 4.61. The number of nitrogens with one attached hydrogen (secondary N) is 1. The summed E-state index contributed by atoms with van der Waals surface area (Å²) in [5, 5.41) is 11.5. The zero-order valence-electron chi connectivity index (χ0n) is 14.1. The average Bonchev–Trinajstić information content (AvgIpc) is 2.69. The number of benzene rings is 1. The van der Waals surface area contributed by atoms with Crippen LogP contribution in [-0.4, -0.2) is 42.4 Å². The van der Waals surface area contributed by atoms with Gasteiger partial charge in [-0.15, -0.1) is 10.2 Å². The number of hydrogen-bond donors (Lipinski definition) is 1. The second kappa shape index (κ2) is 7.19. The number of amides is 1. The maximum absolute atomic E-state index is 12.6. The van der Waals surface area contributed by atoms with Crippen LogP contribution in [0.5, 0.6) is 0 Å². The van der Waals surface area contributed by atoms with Gasteiger partial charge in [0.05, 0.1) is 19.3 Å². The van der Waals surface area contributed by atoms with Crippen molar-refractivity contribution in [3.8, 4) is 0 Å². The highest BCUT2D eigenvalue weighted by Crippen LogP contribution is 2.29. The van der Waals surface area contributed by atoms with E-state index in [1.165, 1.54) is 11.1 Å². The van der Waals surface area contributed by atoms with Crippen molar-refractivity contribution in [2.45, 2.75) is 25.3 Å². The van der Waals surface area contributed by atoms with Crippen LogP contribution in [0, 0.1) is 0 Å². The highest BCUT2D eigenvalue weighted by molar-refractivity contribution is 5.92. The number of morpholine rings is 1. The van der Waals surface area contributed by atoms with E-state index in [0.717, 1.165) is 38.2 Å². The number of carbonyl (C=O) groups excluding carboxylic acids is 1. The number of nitrogens with zero attached hydrogens (tertiary/aromatic N) is 3. The molecule has 1 aliphatic heterocycles. The Morgan fingerprint density at radius 3 is 2.76 bits per heavy atom. The van der Waals surface area contributed by atoms with Gasteiger partial charge < -0.3 is 15.0 Å². The molecule has 0 spiro atoms. The van der Waals surface area contributed by atoms with E-state index in [2.05, 4.69) is 38.6 Å². The summed E-state index contributed by atoms with van der Waals surface area (Å²) >= 11 is 0. The van der Waals surface area contributed by atoms with E-state index >= 15 is 0 Å². The Hall–Kier alpha value is -2.47. The third-order valence-electron chi connectivity index (χ3n) is 4.89. The molecule has 1 unspecified atom stereocenters. The smallest absolute Gasteiger partial charge is 0.272 e. The summed E-state index contributed by atoms with van der Waals surface area (Å²) in [6, 6.07) is 12.0. The molecule has 0 bridgehead atoms. The van der Waals surface area contributed by atoms with Crippen LogP contribution in [0.2, 0.25) is 0 Å². The second-order valence-electron chi connectivity index (χ2n) is 6.49. The van der Waals surface area contributed by atoms with Gasteiger partial charge in [-0.05, 0) is 42.5 Å². The molecule has 2 heterocycles.